The molecule has 0 bridgehead atoms. The van der Waals surface area contributed by atoms with Gasteiger partial charge in [-0.15, -0.1) is 0 Å². The number of benzene rings is 2. The van der Waals surface area contributed by atoms with Crippen LogP contribution in [0.15, 0.2) is 48.5 Å². The molecule has 1 aliphatic rings. The highest BCUT2D eigenvalue weighted by atomic mass is 16.6. The molecule has 0 unspecified atom stereocenters. The van der Waals surface area contributed by atoms with E-state index >= 15 is 0 Å². The van der Waals surface area contributed by atoms with Gasteiger partial charge in [0, 0.05) is 49.2 Å². The van der Waals surface area contributed by atoms with Crippen molar-refractivity contribution in [3.8, 4) is 5.75 Å². The summed E-state index contributed by atoms with van der Waals surface area (Å²) in [5.74, 6) is 0.695. The lowest BCUT2D eigenvalue weighted by Crippen LogP contribution is -2.49. The van der Waals surface area contributed by atoms with Gasteiger partial charge in [0.15, 0.2) is 0 Å². The number of nitrogens with zero attached hydrogens (tertiary/aromatic N) is 3. The van der Waals surface area contributed by atoms with Gasteiger partial charge in [-0.05, 0) is 31.2 Å². The average Bonchev–Trinajstić information content (AvgIpc) is 3.17. The van der Waals surface area contributed by atoms with Gasteiger partial charge in [0.2, 0.25) is 0 Å². The number of nitrogens with one attached hydrogen (secondary N) is 1. The zero-order valence-electron chi connectivity index (χ0n) is 16.1. The first kappa shape index (κ1) is 18.8. The highest BCUT2D eigenvalue weighted by Crippen LogP contribution is 2.29. The van der Waals surface area contributed by atoms with Crippen molar-refractivity contribution in [1.29, 1.82) is 0 Å². The molecule has 8 heteroatoms. The molecule has 1 fully saturated rings. The van der Waals surface area contributed by atoms with E-state index in [4.69, 9.17) is 4.74 Å². The van der Waals surface area contributed by atoms with Crippen LogP contribution in [0.3, 0.4) is 0 Å². The first-order chi connectivity index (χ1) is 14.1. The number of amides is 1. The first-order valence-corrected chi connectivity index (χ1v) is 9.60. The van der Waals surface area contributed by atoms with Gasteiger partial charge >= 0.3 is 0 Å². The monoisotopic (exact) mass is 394 g/mol. The molecular formula is C21H22N4O4. The molecule has 3 aromatic rings. The minimum absolute atomic E-state index is 0.0682. The number of rotatable bonds is 5. The summed E-state index contributed by atoms with van der Waals surface area (Å²) < 4.78 is 5.51. The molecule has 0 aliphatic carbocycles. The average molecular weight is 394 g/mol. The third kappa shape index (κ3) is 3.73. The first-order valence-electron chi connectivity index (χ1n) is 9.60. The Morgan fingerprint density at radius 1 is 1.14 bits per heavy atom. The van der Waals surface area contributed by atoms with Gasteiger partial charge in [0.25, 0.3) is 11.6 Å². The molecule has 2 aromatic carbocycles. The summed E-state index contributed by atoms with van der Waals surface area (Å²) in [5.41, 5.74) is 2.08. The van der Waals surface area contributed by atoms with Crippen molar-refractivity contribution < 1.29 is 14.5 Å². The lowest BCUT2D eigenvalue weighted by atomic mass is 10.2. The Morgan fingerprint density at radius 3 is 2.62 bits per heavy atom. The molecule has 4 rings (SSSR count). The van der Waals surface area contributed by atoms with Crippen LogP contribution < -0.4 is 9.64 Å². The Labute approximate surface area is 167 Å². The minimum Gasteiger partial charge on any atom is -0.494 e. The molecule has 150 valence electrons. The molecular weight excluding hydrogens is 372 g/mol. The van der Waals surface area contributed by atoms with Gasteiger partial charge in [0.05, 0.1) is 11.5 Å². The van der Waals surface area contributed by atoms with Crippen molar-refractivity contribution in [2.45, 2.75) is 6.92 Å². The topological polar surface area (TPSA) is 91.7 Å². The number of nitro groups is 1. The van der Waals surface area contributed by atoms with E-state index < -0.39 is 0 Å². The largest absolute Gasteiger partial charge is 0.494 e. The fourth-order valence-corrected chi connectivity index (χ4v) is 3.68. The van der Waals surface area contributed by atoms with Gasteiger partial charge in [-0.1, -0.05) is 12.1 Å². The van der Waals surface area contributed by atoms with Crippen molar-refractivity contribution >= 4 is 28.2 Å². The second kappa shape index (κ2) is 7.83. The maximum atomic E-state index is 12.9. The third-order valence-corrected chi connectivity index (χ3v) is 5.12. The number of fused-ring (bicyclic) bond motifs is 1. The van der Waals surface area contributed by atoms with Crippen molar-refractivity contribution in [3.63, 3.8) is 0 Å². The normalized spacial score (nSPS) is 14.2. The molecule has 0 atom stereocenters. The van der Waals surface area contributed by atoms with Gasteiger partial charge in [-0.3, -0.25) is 14.9 Å². The molecule has 29 heavy (non-hydrogen) atoms. The number of anilines is 1. The number of hydrogen-bond acceptors (Lipinski definition) is 5. The lowest BCUT2D eigenvalue weighted by molar-refractivity contribution is -0.384. The van der Waals surface area contributed by atoms with Crippen molar-refractivity contribution in [2.24, 2.45) is 0 Å². The highest BCUT2D eigenvalue weighted by Gasteiger charge is 2.26. The molecule has 2 heterocycles. The zero-order chi connectivity index (χ0) is 20.4. The standard InChI is InChI=1S/C21H22N4O4/c1-2-29-16-8-7-15-13-18(22-17(15)14-16)21(26)24-11-9-23(10-12-24)19-5-3-4-6-20(19)25(27)28/h3-8,13-14,22H,2,9-12H2,1H3. The summed E-state index contributed by atoms with van der Waals surface area (Å²) in [4.78, 5) is 30.8. The van der Waals surface area contributed by atoms with Gasteiger partial charge in [-0.25, -0.2) is 0 Å². The second-order valence-corrected chi connectivity index (χ2v) is 6.89. The molecule has 1 aromatic heterocycles. The van der Waals surface area contributed by atoms with Crippen LogP contribution in [0, 0.1) is 10.1 Å². The summed E-state index contributed by atoms with van der Waals surface area (Å²) >= 11 is 0. The molecule has 0 spiro atoms. The second-order valence-electron chi connectivity index (χ2n) is 6.89. The molecule has 1 aliphatic heterocycles. The summed E-state index contributed by atoms with van der Waals surface area (Å²) in [7, 11) is 0. The molecule has 1 saturated heterocycles. The van der Waals surface area contributed by atoms with Crippen LogP contribution in [0.5, 0.6) is 5.75 Å². The van der Waals surface area contributed by atoms with E-state index in [-0.39, 0.29) is 16.5 Å². The van der Waals surface area contributed by atoms with E-state index in [0.717, 1.165) is 16.7 Å². The maximum Gasteiger partial charge on any atom is 0.292 e. The number of carbonyl (C=O) groups is 1. The number of hydrogen-bond donors (Lipinski definition) is 1. The van der Waals surface area contributed by atoms with Crippen LogP contribution in [-0.2, 0) is 0 Å². The fraction of sp³-hybridized carbons (Fsp3) is 0.286. The van der Waals surface area contributed by atoms with E-state index in [1.165, 1.54) is 6.07 Å². The molecule has 0 saturated carbocycles. The molecule has 0 radical (unpaired) electrons. The Balaban J connectivity index is 1.47. The summed E-state index contributed by atoms with van der Waals surface area (Å²) in [6, 6.07) is 14.3. The minimum atomic E-state index is -0.367. The fourth-order valence-electron chi connectivity index (χ4n) is 3.68. The predicted octanol–water partition coefficient (Wildman–Crippen LogP) is 3.44. The van der Waals surface area contributed by atoms with Gasteiger partial charge in [-0.2, -0.15) is 0 Å². The van der Waals surface area contributed by atoms with E-state index in [1.54, 1.807) is 23.1 Å². The summed E-state index contributed by atoms with van der Waals surface area (Å²) in [5, 5.41) is 12.2. The number of aromatic nitrogens is 1. The number of H-pyrrole nitrogens is 1. The number of para-hydroxylation sites is 2. The smallest absolute Gasteiger partial charge is 0.292 e. The maximum absolute atomic E-state index is 12.9. The number of ether oxygens (including phenoxy) is 1. The van der Waals surface area contributed by atoms with E-state index in [0.29, 0.717) is 44.2 Å². The Hall–Kier alpha value is -3.55. The quantitative estimate of drug-likeness (QED) is 0.529. The van der Waals surface area contributed by atoms with Crippen LogP contribution in [0.2, 0.25) is 0 Å². The van der Waals surface area contributed by atoms with Crippen molar-refractivity contribution in [3.05, 3.63) is 64.3 Å². The Kier molecular flexibility index (Phi) is 5.07. The Morgan fingerprint density at radius 2 is 1.90 bits per heavy atom. The van der Waals surface area contributed by atoms with Gasteiger partial charge < -0.3 is 19.5 Å². The molecule has 1 amide bonds. The SMILES string of the molecule is CCOc1ccc2cc(C(=O)N3CCN(c4ccccc4[N+](=O)[O-])CC3)[nH]c2c1. The summed E-state index contributed by atoms with van der Waals surface area (Å²) in [6.45, 7) is 4.62. The van der Waals surface area contributed by atoms with Crippen molar-refractivity contribution in [1.82, 2.24) is 9.88 Å². The summed E-state index contributed by atoms with van der Waals surface area (Å²) in [6.07, 6.45) is 0. The molecule has 1 N–H and O–H groups in total. The van der Waals surface area contributed by atoms with Crippen LogP contribution in [0.1, 0.15) is 17.4 Å². The van der Waals surface area contributed by atoms with Crippen LogP contribution in [0.25, 0.3) is 10.9 Å². The molecule has 8 nitrogen and oxygen atoms in total. The number of nitro benzene ring substituents is 1. The van der Waals surface area contributed by atoms with Crippen LogP contribution in [0.4, 0.5) is 11.4 Å². The third-order valence-electron chi connectivity index (χ3n) is 5.12. The Bertz CT molecular complexity index is 1050. The van der Waals surface area contributed by atoms with Crippen molar-refractivity contribution in [2.75, 3.05) is 37.7 Å². The van der Waals surface area contributed by atoms with E-state index in [9.17, 15) is 14.9 Å². The number of piperazine rings is 1. The predicted molar refractivity (Wildman–Crippen MR) is 111 cm³/mol. The van der Waals surface area contributed by atoms with Crippen LogP contribution in [-0.4, -0.2) is 53.5 Å². The van der Waals surface area contributed by atoms with Gasteiger partial charge in [0.1, 0.15) is 17.1 Å². The number of aromatic amines is 1. The van der Waals surface area contributed by atoms with E-state index in [1.807, 2.05) is 36.1 Å². The zero-order valence-corrected chi connectivity index (χ0v) is 16.1. The lowest BCUT2D eigenvalue weighted by Gasteiger charge is -2.35. The van der Waals surface area contributed by atoms with E-state index in [2.05, 4.69) is 4.98 Å². The number of carbonyl (C=O) groups excluding carboxylic acids is 1. The van der Waals surface area contributed by atoms with Crippen LogP contribution >= 0.6 is 0 Å². The highest BCUT2D eigenvalue weighted by molar-refractivity contribution is 5.98.